The molecule has 8 amide bonds. The number of rotatable bonds is 8. The number of fused-ring (bicyclic) bond motifs is 4. The number of carbonyl (C=O) groups excluding carboxylic acids is 8. The van der Waals surface area contributed by atoms with Gasteiger partial charge < -0.3 is 40.9 Å². The highest BCUT2D eigenvalue weighted by Crippen LogP contribution is 2.27. The minimum atomic E-state index is -1.11. The summed E-state index contributed by atoms with van der Waals surface area (Å²) in [4.78, 5) is 124. The lowest BCUT2D eigenvalue weighted by Gasteiger charge is -2.34. The summed E-state index contributed by atoms with van der Waals surface area (Å²) >= 11 is 0. The van der Waals surface area contributed by atoms with Gasteiger partial charge in [-0.1, -0.05) is 121 Å². The molecule has 376 valence electrons. The van der Waals surface area contributed by atoms with E-state index in [0.29, 0.717) is 51.4 Å². The van der Waals surface area contributed by atoms with Crippen molar-refractivity contribution in [1.29, 1.82) is 0 Å². The van der Waals surface area contributed by atoms with Crippen LogP contribution in [0.5, 0.6) is 0 Å². The molecule has 5 aliphatic rings. The van der Waals surface area contributed by atoms with E-state index >= 15 is 0 Å². The summed E-state index contributed by atoms with van der Waals surface area (Å²) in [6, 6.07) is 28.7. The Hall–Kier alpha value is -7.36. The summed E-state index contributed by atoms with van der Waals surface area (Å²) in [5.74, 6) is -3.96. The molecule has 9 rings (SSSR count). The van der Waals surface area contributed by atoms with Gasteiger partial charge in [-0.3, -0.25) is 38.4 Å². The second-order valence-corrected chi connectivity index (χ2v) is 19.8. The van der Waals surface area contributed by atoms with Gasteiger partial charge in [0.05, 0.1) is 0 Å². The van der Waals surface area contributed by atoms with Crippen LogP contribution in [0.15, 0.2) is 121 Å². The van der Waals surface area contributed by atoms with Gasteiger partial charge in [0.25, 0.3) is 0 Å². The van der Waals surface area contributed by atoms with Crippen molar-refractivity contribution in [1.82, 2.24) is 40.9 Å². The van der Waals surface area contributed by atoms with Crippen LogP contribution in [0.3, 0.4) is 0 Å². The predicted molar refractivity (Wildman–Crippen MR) is 267 cm³/mol. The zero-order chi connectivity index (χ0) is 50.1. The highest BCUT2D eigenvalue weighted by molar-refractivity contribution is 5.99. The van der Waals surface area contributed by atoms with E-state index in [4.69, 9.17) is 0 Å². The standard InChI is InChI=1S/C56H64N8O8/c65-49-45-25-14-30-62(45)54(70)42(34-38-19-7-2-8-20-38)59-51(67)47-27-16-32-64(47)56(72)44(36-40-23-11-4-12-24-40)60-52(68)48-28-15-31-63(48)55(71)43(35-39-21-9-3-10-22-39)58-50(66)46-26-13-29-61(46)53(69)41(57-49)33-37-17-5-1-6-18-37/h1-12,17-24,41-48H,13-16,25-36H2,(H,57,65)(H,58,66)(H,59,67)(H,60,68)/t41-,42-,43-,44-,45-,46-,47-,48-/m0/s1. The molecule has 0 radical (unpaired) electrons. The molecule has 5 heterocycles. The van der Waals surface area contributed by atoms with E-state index in [1.165, 1.54) is 19.6 Å². The predicted octanol–water partition coefficient (Wildman–Crippen LogP) is 2.87. The van der Waals surface area contributed by atoms with Crippen molar-refractivity contribution < 1.29 is 38.4 Å². The normalized spacial score (nSPS) is 27.0. The van der Waals surface area contributed by atoms with Crippen LogP contribution in [-0.2, 0) is 64.0 Å². The van der Waals surface area contributed by atoms with Crippen LogP contribution in [-0.4, -0.2) is 141 Å². The summed E-state index contributed by atoms with van der Waals surface area (Å²) in [7, 11) is 0. The molecular weight excluding hydrogens is 913 g/mol. The van der Waals surface area contributed by atoms with Gasteiger partial charge in [-0.25, -0.2) is 0 Å². The quantitative estimate of drug-likeness (QED) is 0.207. The smallest absolute Gasteiger partial charge is 0.246 e. The van der Waals surface area contributed by atoms with E-state index in [0.717, 1.165) is 22.3 Å². The highest BCUT2D eigenvalue weighted by Gasteiger charge is 2.46. The molecule has 0 spiro atoms. The Labute approximate surface area is 420 Å². The molecule has 4 N–H and O–H groups in total. The maximum atomic E-state index is 14.9. The largest absolute Gasteiger partial charge is 0.342 e. The van der Waals surface area contributed by atoms with Crippen molar-refractivity contribution in [3.8, 4) is 0 Å². The second kappa shape index (κ2) is 22.8. The van der Waals surface area contributed by atoms with Crippen LogP contribution in [0.25, 0.3) is 0 Å². The van der Waals surface area contributed by atoms with Crippen LogP contribution in [0.1, 0.15) is 73.6 Å². The molecule has 5 saturated heterocycles. The molecular formula is C56H64N8O8. The summed E-state index contributed by atoms with van der Waals surface area (Å²) in [5.41, 5.74) is 3.10. The molecule has 5 aliphatic heterocycles. The maximum absolute atomic E-state index is 14.9. The number of nitrogens with one attached hydrogen (secondary N) is 4. The van der Waals surface area contributed by atoms with Gasteiger partial charge in [0.1, 0.15) is 48.3 Å². The Kier molecular flexibility index (Phi) is 15.7. The first-order chi connectivity index (χ1) is 35.0. The number of amides is 8. The third-order valence-electron chi connectivity index (χ3n) is 14.9. The molecule has 4 aromatic carbocycles. The van der Waals surface area contributed by atoms with Gasteiger partial charge >= 0.3 is 0 Å². The molecule has 5 fully saturated rings. The van der Waals surface area contributed by atoms with Crippen LogP contribution < -0.4 is 21.3 Å². The summed E-state index contributed by atoms with van der Waals surface area (Å²) < 4.78 is 0. The molecule has 4 aromatic rings. The first-order valence-corrected chi connectivity index (χ1v) is 25.6. The topological polar surface area (TPSA) is 198 Å². The Bertz CT molecular complexity index is 2250. The van der Waals surface area contributed by atoms with Crippen LogP contribution in [0.2, 0.25) is 0 Å². The van der Waals surface area contributed by atoms with E-state index in [1.807, 2.05) is 121 Å². The Balaban J connectivity index is 1.08. The fourth-order valence-electron chi connectivity index (χ4n) is 11.3. The van der Waals surface area contributed by atoms with Crippen molar-refractivity contribution in [3.05, 3.63) is 144 Å². The molecule has 0 aromatic heterocycles. The zero-order valence-electron chi connectivity index (χ0n) is 40.5. The van der Waals surface area contributed by atoms with Gasteiger partial charge in [0.2, 0.25) is 47.3 Å². The minimum Gasteiger partial charge on any atom is -0.342 e. The van der Waals surface area contributed by atoms with E-state index < -0.39 is 95.6 Å². The van der Waals surface area contributed by atoms with Gasteiger partial charge in [-0.15, -0.1) is 0 Å². The van der Waals surface area contributed by atoms with Crippen molar-refractivity contribution in [3.63, 3.8) is 0 Å². The number of hydrogen-bond donors (Lipinski definition) is 4. The molecule has 0 aliphatic carbocycles. The summed E-state index contributed by atoms with van der Waals surface area (Å²) in [5, 5.41) is 12.0. The van der Waals surface area contributed by atoms with Gasteiger partial charge in [0, 0.05) is 51.9 Å². The Morgan fingerprint density at radius 1 is 0.306 bits per heavy atom. The Morgan fingerprint density at radius 2 is 0.500 bits per heavy atom. The fourth-order valence-corrected chi connectivity index (χ4v) is 11.3. The lowest BCUT2D eigenvalue weighted by molar-refractivity contribution is -0.146. The third kappa shape index (κ3) is 11.4. The molecule has 0 bridgehead atoms. The third-order valence-corrected chi connectivity index (χ3v) is 14.9. The average molecular weight is 977 g/mol. The molecule has 72 heavy (non-hydrogen) atoms. The maximum Gasteiger partial charge on any atom is 0.246 e. The lowest BCUT2D eigenvalue weighted by Crippen LogP contribution is -2.61. The molecule has 0 saturated carbocycles. The first kappa shape index (κ1) is 49.6. The van der Waals surface area contributed by atoms with Crippen molar-refractivity contribution in [2.75, 3.05) is 26.2 Å². The average Bonchev–Trinajstić information content (AvgIpc) is 4.26. The van der Waals surface area contributed by atoms with Crippen molar-refractivity contribution in [2.24, 2.45) is 0 Å². The minimum absolute atomic E-state index is 0.111. The van der Waals surface area contributed by atoms with Crippen molar-refractivity contribution in [2.45, 2.75) is 125 Å². The first-order valence-electron chi connectivity index (χ1n) is 25.6. The number of hydrogen-bond acceptors (Lipinski definition) is 8. The highest BCUT2D eigenvalue weighted by atomic mass is 16.2. The molecule has 8 atom stereocenters. The summed E-state index contributed by atoms with van der Waals surface area (Å²) in [6.07, 6.45) is 3.73. The molecule has 0 unspecified atom stereocenters. The number of nitrogens with zero attached hydrogens (tertiary/aromatic N) is 4. The van der Waals surface area contributed by atoms with E-state index in [-0.39, 0.29) is 51.9 Å². The van der Waals surface area contributed by atoms with Crippen LogP contribution in [0, 0.1) is 0 Å². The number of benzene rings is 4. The number of carbonyl (C=O) groups is 8. The van der Waals surface area contributed by atoms with Crippen LogP contribution >= 0.6 is 0 Å². The molecule has 16 heteroatoms. The van der Waals surface area contributed by atoms with E-state index in [2.05, 4.69) is 21.3 Å². The Morgan fingerprint density at radius 3 is 0.694 bits per heavy atom. The monoisotopic (exact) mass is 976 g/mol. The van der Waals surface area contributed by atoms with Crippen molar-refractivity contribution >= 4 is 47.3 Å². The van der Waals surface area contributed by atoms with Gasteiger partial charge in [-0.2, -0.15) is 0 Å². The second-order valence-electron chi connectivity index (χ2n) is 19.8. The molecule has 16 nitrogen and oxygen atoms in total. The fraction of sp³-hybridized carbons (Fsp3) is 0.429. The zero-order valence-corrected chi connectivity index (χ0v) is 40.5. The van der Waals surface area contributed by atoms with E-state index in [1.54, 1.807) is 0 Å². The summed E-state index contributed by atoms with van der Waals surface area (Å²) in [6.45, 7) is 0.944. The SMILES string of the molecule is O=C1N[C@@H](Cc2ccccc2)C(=O)N2CCC[C@H]2C(=O)N[C@@H](Cc2ccccc2)C(=O)N2CCC[C@H]2C(=O)N[C@@H](Cc2ccccc2)C(=O)N2CCC[C@H]2C(=O)N[C@@H](Cc2ccccc2)C(=O)N2CCC[C@@H]12. The lowest BCUT2D eigenvalue weighted by atomic mass is 10.0. The van der Waals surface area contributed by atoms with Gasteiger partial charge in [0.15, 0.2) is 0 Å². The van der Waals surface area contributed by atoms with E-state index in [9.17, 15) is 38.4 Å². The van der Waals surface area contributed by atoms with Gasteiger partial charge in [-0.05, 0) is 73.6 Å². The van der Waals surface area contributed by atoms with Crippen LogP contribution in [0.4, 0.5) is 0 Å².